The van der Waals surface area contributed by atoms with Crippen molar-refractivity contribution in [2.24, 2.45) is 7.05 Å². The maximum atomic E-state index is 12.6. The first-order valence-corrected chi connectivity index (χ1v) is 7.75. The van der Waals surface area contributed by atoms with Crippen LogP contribution in [0.25, 0.3) is 21.5 Å². The number of hydrogen-bond acceptors (Lipinski definition) is 6. The maximum absolute atomic E-state index is 12.6. The minimum absolute atomic E-state index is 0.111. The van der Waals surface area contributed by atoms with Crippen molar-refractivity contribution < 1.29 is 0 Å². The van der Waals surface area contributed by atoms with Crippen molar-refractivity contribution in [1.82, 2.24) is 28.9 Å². The highest BCUT2D eigenvalue weighted by molar-refractivity contribution is 7.13. The van der Waals surface area contributed by atoms with E-state index < -0.39 is 0 Å². The van der Waals surface area contributed by atoms with E-state index in [-0.39, 0.29) is 5.56 Å². The molecule has 7 nitrogen and oxygen atoms in total. The monoisotopic (exact) mass is 324 g/mol. The minimum atomic E-state index is -0.111. The molecule has 0 radical (unpaired) electrons. The molecule has 1 aromatic carbocycles. The zero-order valence-corrected chi connectivity index (χ0v) is 13.1. The zero-order valence-electron chi connectivity index (χ0n) is 12.2. The van der Waals surface area contributed by atoms with Crippen LogP contribution in [0.15, 0.2) is 47.7 Å². The minimum Gasteiger partial charge on any atom is -0.292 e. The summed E-state index contributed by atoms with van der Waals surface area (Å²) >= 11 is 1.18. The van der Waals surface area contributed by atoms with Crippen LogP contribution in [0.4, 0.5) is 0 Å². The number of aryl methyl sites for hydroxylation is 1. The van der Waals surface area contributed by atoms with Gasteiger partial charge in [0.25, 0.3) is 5.56 Å². The van der Waals surface area contributed by atoms with Gasteiger partial charge in [-0.3, -0.25) is 9.36 Å². The van der Waals surface area contributed by atoms with Crippen molar-refractivity contribution >= 4 is 21.7 Å². The summed E-state index contributed by atoms with van der Waals surface area (Å²) in [6.45, 7) is 0.341. The predicted octanol–water partition coefficient (Wildman–Crippen LogP) is 1.70. The lowest BCUT2D eigenvalue weighted by molar-refractivity contribution is 0.632. The Kier molecular flexibility index (Phi) is 3.23. The molecule has 4 aromatic rings. The molecule has 0 saturated carbocycles. The predicted molar refractivity (Wildman–Crippen MR) is 87.2 cm³/mol. The largest absolute Gasteiger partial charge is 0.292 e. The lowest BCUT2D eigenvalue weighted by Crippen LogP contribution is -2.20. The molecule has 3 aromatic heterocycles. The molecule has 3 heterocycles. The molecule has 0 saturated heterocycles. The molecular formula is C15H12N6OS. The topological polar surface area (TPSA) is 78.5 Å². The molecule has 0 fully saturated rings. The lowest BCUT2D eigenvalue weighted by atomic mass is 10.1. The molecule has 4 rings (SSSR count). The number of aromatic nitrogens is 6. The molecule has 0 bridgehead atoms. The Hall–Kier alpha value is -2.87. The molecular weight excluding hydrogens is 312 g/mol. The van der Waals surface area contributed by atoms with Gasteiger partial charge in [0.1, 0.15) is 21.6 Å². The van der Waals surface area contributed by atoms with Gasteiger partial charge in [-0.15, -0.1) is 0 Å². The Bertz CT molecular complexity index is 1030. The molecule has 0 atom stereocenters. The summed E-state index contributed by atoms with van der Waals surface area (Å²) in [7, 11) is 1.74. The standard InChI is InChI=1S/C15H12N6OS/c1-20-17-7-11(18-20)8-21-9-16-13-12(10-5-3-2-4-6-10)19-23-14(13)15(21)22/h2-7,9H,8H2,1H3. The summed E-state index contributed by atoms with van der Waals surface area (Å²) in [6.07, 6.45) is 3.18. The fraction of sp³-hybridized carbons (Fsp3) is 0.133. The Morgan fingerprint density at radius 1 is 1.22 bits per heavy atom. The smallest absolute Gasteiger partial charge is 0.273 e. The van der Waals surface area contributed by atoms with Gasteiger partial charge in [0.05, 0.1) is 19.1 Å². The van der Waals surface area contributed by atoms with Crippen LogP contribution >= 0.6 is 11.5 Å². The van der Waals surface area contributed by atoms with Crippen LogP contribution in [0.5, 0.6) is 0 Å². The van der Waals surface area contributed by atoms with Crippen molar-refractivity contribution in [3.05, 3.63) is 58.9 Å². The van der Waals surface area contributed by atoms with Gasteiger partial charge in [-0.1, -0.05) is 30.3 Å². The van der Waals surface area contributed by atoms with Crippen molar-refractivity contribution in [1.29, 1.82) is 0 Å². The van der Waals surface area contributed by atoms with Crippen molar-refractivity contribution in [3.8, 4) is 11.3 Å². The molecule has 0 amide bonds. The molecule has 0 N–H and O–H groups in total. The fourth-order valence-corrected chi connectivity index (χ4v) is 3.19. The third-order valence-electron chi connectivity index (χ3n) is 3.48. The van der Waals surface area contributed by atoms with E-state index in [1.807, 2.05) is 30.3 Å². The first kappa shape index (κ1) is 13.8. The normalized spacial score (nSPS) is 11.2. The van der Waals surface area contributed by atoms with E-state index in [0.29, 0.717) is 22.5 Å². The average molecular weight is 324 g/mol. The second-order valence-electron chi connectivity index (χ2n) is 5.08. The quantitative estimate of drug-likeness (QED) is 0.573. The highest BCUT2D eigenvalue weighted by Crippen LogP contribution is 2.26. The van der Waals surface area contributed by atoms with Crippen LogP contribution in [0.1, 0.15) is 5.69 Å². The van der Waals surface area contributed by atoms with Gasteiger partial charge in [-0.2, -0.15) is 19.4 Å². The van der Waals surface area contributed by atoms with Gasteiger partial charge >= 0.3 is 0 Å². The first-order chi connectivity index (χ1) is 11.2. The number of fused-ring (bicyclic) bond motifs is 1. The highest BCUT2D eigenvalue weighted by Gasteiger charge is 2.14. The highest BCUT2D eigenvalue weighted by atomic mass is 32.1. The molecule has 8 heteroatoms. The van der Waals surface area contributed by atoms with Crippen molar-refractivity contribution in [2.45, 2.75) is 6.54 Å². The van der Waals surface area contributed by atoms with E-state index >= 15 is 0 Å². The zero-order chi connectivity index (χ0) is 15.8. The maximum Gasteiger partial charge on any atom is 0.273 e. The van der Waals surface area contributed by atoms with E-state index in [4.69, 9.17) is 0 Å². The van der Waals surface area contributed by atoms with Crippen LogP contribution in [-0.2, 0) is 13.6 Å². The Morgan fingerprint density at radius 3 is 2.78 bits per heavy atom. The number of benzene rings is 1. The molecule has 0 unspecified atom stereocenters. The third-order valence-corrected chi connectivity index (χ3v) is 4.30. The van der Waals surface area contributed by atoms with Gasteiger partial charge < -0.3 is 0 Å². The Labute approximate surface area is 135 Å². The van der Waals surface area contributed by atoms with Gasteiger partial charge in [-0.05, 0) is 11.5 Å². The van der Waals surface area contributed by atoms with Crippen molar-refractivity contribution in [2.75, 3.05) is 0 Å². The first-order valence-electron chi connectivity index (χ1n) is 6.98. The SMILES string of the molecule is Cn1ncc(Cn2cnc3c(-c4ccccc4)nsc3c2=O)n1. The number of rotatable bonds is 3. The van der Waals surface area contributed by atoms with E-state index in [1.54, 1.807) is 19.6 Å². The molecule has 0 aliphatic rings. The second-order valence-corrected chi connectivity index (χ2v) is 5.85. The number of hydrogen-bond donors (Lipinski definition) is 0. The van der Waals surface area contributed by atoms with Gasteiger partial charge in [0.15, 0.2) is 0 Å². The summed E-state index contributed by atoms with van der Waals surface area (Å²) in [5.74, 6) is 0. The molecule has 0 aliphatic carbocycles. The molecule has 0 spiro atoms. The molecule has 0 aliphatic heterocycles. The molecule has 23 heavy (non-hydrogen) atoms. The lowest BCUT2D eigenvalue weighted by Gasteiger charge is -2.02. The van der Waals surface area contributed by atoms with Crippen LogP contribution in [0.3, 0.4) is 0 Å². The van der Waals surface area contributed by atoms with Crippen LogP contribution in [0, 0.1) is 0 Å². The second kappa shape index (κ2) is 5.40. The number of nitrogens with zero attached hydrogens (tertiary/aromatic N) is 6. The summed E-state index contributed by atoms with van der Waals surface area (Å²) < 4.78 is 6.49. The third kappa shape index (κ3) is 2.42. The Balaban J connectivity index is 1.79. The van der Waals surface area contributed by atoms with Gasteiger partial charge in [0.2, 0.25) is 0 Å². The van der Waals surface area contributed by atoms with E-state index in [2.05, 4.69) is 19.6 Å². The van der Waals surface area contributed by atoms with Gasteiger partial charge in [-0.25, -0.2) is 4.98 Å². The average Bonchev–Trinajstić information content (AvgIpc) is 3.17. The van der Waals surface area contributed by atoms with Crippen molar-refractivity contribution in [3.63, 3.8) is 0 Å². The fourth-order valence-electron chi connectivity index (χ4n) is 2.39. The Morgan fingerprint density at radius 2 is 2.04 bits per heavy atom. The van der Waals surface area contributed by atoms with Crippen LogP contribution < -0.4 is 5.56 Å². The van der Waals surface area contributed by atoms with E-state index in [1.165, 1.54) is 20.9 Å². The van der Waals surface area contributed by atoms with Crippen LogP contribution in [0.2, 0.25) is 0 Å². The molecule has 114 valence electrons. The summed E-state index contributed by atoms with van der Waals surface area (Å²) in [4.78, 5) is 18.5. The summed E-state index contributed by atoms with van der Waals surface area (Å²) in [5, 5.41) is 8.19. The van der Waals surface area contributed by atoms with E-state index in [0.717, 1.165) is 11.3 Å². The summed E-state index contributed by atoms with van der Waals surface area (Å²) in [5.41, 5.74) is 2.94. The van der Waals surface area contributed by atoms with Gasteiger partial charge in [0, 0.05) is 12.6 Å². The van der Waals surface area contributed by atoms with E-state index in [9.17, 15) is 4.79 Å². The summed E-state index contributed by atoms with van der Waals surface area (Å²) in [6, 6.07) is 9.74. The van der Waals surface area contributed by atoms with Crippen LogP contribution in [-0.4, -0.2) is 28.9 Å².